The number of hydrogen-bond donors (Lipinski definition) is 0. The average Bonchev–Trinajstić information content (AvgIpc) is 3.23. The first-order valence-corrected chi connectivity index (χ1v) is 9.15. The molecule has 0 radical (unpaired) electrons. The molecule has 0 saturated carbocycles. The second-order valence-electron chi connectivity index (χ2n) is 7.18. The molecule has 2 aromatic heterocycles. The van der Waals surface area contributed by atoms with Crippen molar-refractivity contribution in [2.24, 2.45) is 5.41 Å². The van der Waals surface area contributed by atoms with Gasteiger partial charge in [0.15, 0.2) is 0 Å². The van der Waals surface area contributed by atoms with Crippen LogP contribution in [0, 0.1) is 5.41 Å². The van der Waals surface area contributed by atoms with E-state index in [0.717, 1.165) is 31.1 Å². The summed E-state index contributed by atoms with van der Waals surface area (Å²) < 4.78 is 5.84. The summed E-state index contributed by atoms with van der Waals surface area (Å²) in [5.74, 6) is 1.43. The van der Waals surface area contributed by atoms with Crippen LogP contribution in [0.15, 0.2) is 21.9 Å². The highest BCUT2D eigenvalue weighted by molar-refractivity contribution is 7.13. The fourth-order valence-corrected chi connectivity index (χ4v) is 3.49. The quantitative estimate of drug-likeness (QED) is 0.853. The molecule has 1 aliphatic heterocycles. The van der Waals surface area contributed by atoms with Crippen molar-refractivity contribution in [3.05, 3.63) is 23.4 Å². The van der Waals surface area contributed by atoms with E-state index in [1.54, 1.807) is 11.3 Å². The van der Waals surface area contributed by atoms with Gasteiger partial charge < -0.3 is 9.32 Å². The number of carbonyl (C=O) groups is 1. The van der Waals surface area contributed by atoms with Gasteiger partial charge in [-0.15, -0.1) is 21.5 Å². The van der Waals surface area contributed by atoms with Gasteiger partial charge in [-0.2, -0.15) is 0 Å². The zero-order valence-corrected chi connectivity index (χ0v) is 15.5. The molecule has 1 saturated heterocycles. The molecule has 6 nitrogen and oxygen atoms in total. The maximum Gasteiger partial charge on any atom is 0.257 e. The van der Waals surface area contributed by atoms with Gasteiger partial charge >= 0.3 is 0 Å². The predicted molar refractivity (Wildman–Crippen MR) is 93.6 cm³/mol. The predicted octanol–water partition coefficient (Wildman–Crippen LogP) is 3.05. The number of aromatic nitrogens is 2. The van der Waals surface area contributed by atoms with E-state index in [-0.39, 0.29) is 17.4 Å². The third-order valence-electron chi connectivity index (χ3n) is 4.32. The van der Waals surface area contributed by atoms with Gasteiger partial charge in [0, 0.05) is 31.6 Å². The monoisotopic (exact) mass is 348 g/mol. The summed E-state index contributed by atoms with van der Waals surface area (Å²) >= 11 is 1.59. The van der Waals surface area contributed by atoms with E-state index in [2.05, 4.69) is 22.0 Å². The number of carbonyl (C=O) groups excluding carboxylic acids is 1. The fraction of sp³-hybridized carbons (Fsp3) is 0.588. The van der Waals surface area contributed by atoms with Crippen LogP contribution in [0.2, 0.25) is 0 Å². The number of thiophene rings is 1. The largest absolute Gasteiger partial charge is 0.418 e. The van der Waals surface area contributed by atoms with Crippen LogP contribution < -0.4 is 0 Å². The van der Waals surface area contributed by atoms with Crippen molar-refractivity contribution >= 4 is 17.2 Å². The molecule has 0 N–H and O–H groups in total. The van der Waals surface area contributed by atoms with E-state index >= 15 is 0 Å². The summed E-state index contributed by atoms with van der Waals surface area (Å²) in [4.78, 5) is 17.6. The maximum absolute atomic E-state index is 12.4. The number of piperazine rings is 1. The zero-order chi connectivity index (χ0) is 17.3. The summed E-state index contributed by atoms with van der Waals surface area (Å²) in [6.45, 7) is 11.1. The van der Waals surface area contributed by atoms with Gasteiger partial charge in [0.05, 0.1) is 10.9 Å². The van der Waals surface area contributed by atoms with Gasteiger partial charge in [0.1, 0.15) is 0 Å². The first-order valence-electron chi connectivity index (χ1n) is 8.27. The summed E-state index contributed by atoms with van der Waals surface area (Å²) in [6.07, 6.45) is 0. The van der Waals surface area contributed by atoms with Crippen molar-refractivity contribution in [2.75, 3.05) is 26.2 Å². The first kappa shape index (κ1) is 17.1. The Morgan fingerprint density at radius 2 is 1.96 bits per heavy atom. The molecule has 1 atom stereocenters. The van der Waals surface area contributed by atoms with Crippen LogP contribution in [0.1, 0.15) is 39.6 Å². The molecule has 0 bridgehead atoms. The highest BCUT2D eigenvalue weighted by Crippen LogP contribution is 2.27. The summed E-state index contributed by atoms with van der Waals surface area (Å²) in [5.41, 5.74) is -0.324. The van der Waals surface area contributed by atoms with Crippen LogP contribution in [0.25, 0.3) is 10.8 Å². The Hall–Kier alpha value is -1.73. The number of hydrogen-bond acceptors (Lipinski definition) is 6. The summed E-state index contributed by atoms with van der Waals surface area (Å²) in [7, 11) is 0. The van der Waals surface area contributed by atoms with E-state index in [1.165, 1.54) is 0 Å². The fourth-order valence-electron chi connectivity index (χ4n) is 2.85. The molecule has 2 aromatic rings. The molecule has 0 spiro atoms. The van der Waals surface area contributed by atoms with Gasteiger partial charge in [0.25, 0.3) is 5.89 Å². The molecule has 1 amide bonds. The third-order valence-corrected chi connectivity index (χ3v) is 5.18. The third kappa shape index (κ3) is 3.52. The highest BCUT2D eigenvalue weighted by Gasteiger charge is 2.32. The minimum Gasteiger partial charge on any atom is -0.418 e. The Morgan fingerprint density at radius 3 is 2.54 bits per heavy atom. The molecule has 7 heteroatoms. The molecule has 1 aliphatic rings. The summed E-state index contributed by atoms with van der Waals surface area (Å²) in [6, 6.07) is 4.00. The van der Waals surface area contributed by atoms with Crippen LogP contribution in [0.5, 0.6) is 0 Å². The molecule has 0 unspecified atom stereocenters. The Balaban J connectivity index is 1.61. The lowest BCUT2D eigenvalue weighted by Gasteiger charge is -2.39. The Kier molecular flexibility index (Phi) is 4.73. The number of nitrogens with zero attached hydrogens (tertiary/aromatic N) is 4. The standard InChI is InChI=1S/C17H24N4O2S/c1-12(14-18-19-15(23-14)13-6-5-11-24-13)20-7-9-21(10-8-20)16(22)17(2,3)4/h5-6,11-12H,7-10H2,1-4H3/t12-/m1/s1. The Labute approximate surface area is 146 Å². The van der Waals surface area contributed by atoms with Crippen molar-refractivity contribution in [3.63, 3.8) is 0 Å². The van der Waals surface area contributed by atoms with Gasteiger partial charge in [-0.1, -0.05) is 26.8 Å². The smallest absolute Gasteiger partial charge is 0.257 e. The molecule has 3 rings (SSSR count). The van der Waals surface area contributed by atoms with E-state index in [4.69, 9.17) is 4.42 Å². The summed E-state index contributed by atoms with van der Waals surface area (Å²) in [5, 5.41) is 10.4. The van der Waals surface area contributed by atoms with Gasteiger partial charge in [-0.3, -0.25) is 9.69 Å². The van der Waals surface area contributed by atoms with Gasteiger partial charge in [0.2, 0.25) is 11.8 Å². The lowest BCUT2D eigenvalue weighted by Crippen LogP contribution is -2.52. The zero-order valence-electron chi connectivity index (χ0n) is 14.7. The molecule has 3 heterocycles. The average molecular weight is 348 g/mol. The lowest BCUT2D eigenvalue weighted by molar-refractivity contribution is -0.141. The topological polar surface area (TPSA) is 62.5 Å². The van der Waals surface area contributed by atoms with E-state index < -0.39 is 0 Å². The Bertz CT molecular complexity index is 682. The molecular weight excluding hydrogens is 324 g/mol. The minimum atomic E-state index is -0.324. The van der Waals surface area contributed by atoms with Gasteiger partial charge in [-0.25, -0.2) is 0 Å². The second-order valence-corrected chi connectivity index (χ2v) is 8.12. The molecule has 1 fully saturated rings. The first-order chi connectivity index (χ1) is 11.4. The molecule has 24 heavy (non-hydrogen) atoms. The lowest BCUT2D eigenvalue weighted by atomic mass is 9.94. The van der Waals surface area contributed by atoms with Crippen LogP contribution in [0.3, 0.4) is 0 Å². The van der Waals surface area contributed by atoms with Crippen LogP contribution in [-0.2, 0) is 4.79 Å². The van der Waals surface area contributed by atoms with Crippen molar-refractivity contribution in [1.29, 1.82) is 0 Å². The molecule has 130 valence electrons. The van der Waals surface area contributed by atoms with Crippen LogP contribution >= 0.6 is 11.3 Å². The van der Waals surface area contributed by atoms with E-state index in [9.17, 15) is 4.79 Å². The van der Waals surface area contributed by atoms with Crippen LogP contribution in [0.4, 0.5) is 0 Å². The van der Waals surface area contributed by atoms with Crippen molar-refractivity contribution < 1.29 is 9.21 Å². The second kappa shape index (κ2) is 6.64. The SMILES string of the molecule is C[C@H](c1nnc(-c2cccs2)o1)N1CCN(C(=O)C(C)(C)C)CC1. The van der Waals surface area contributed by atoms with Crippen LogP contribution in [-0.4, -0.2) is 52.1 Å². The highest BCUT2D eigenvalue weighted by atomic mass is 32.1. The van der Waals surface area contributed by atoms with E-state index in [0.29, 0.717) is 11.8 Å². The minimum absolute atomic E-state index is 0.0538. The normalized spacial score (nSPS) is 17.9. The van der Waals surface area contributed by atoms with Gasteiger partial charge in [-0.05, 0) is 18.4 Å². The molecule has 0 aromatic carbocycles. The number of amides is 1. The van der Waals surface area contributed by atoms with Crippen molar-refractivity contribution in [3.8, 4) is 10.8 Å². The molecule has 0 aliphatic carbocycles. The van der Waals surface area contributed by atoms with E-state index in [1.807, 2.05) is 43.2 Å². The van der Waals surface area contributed by atoms with Crippen molar-refractivity contribution in [2.45, 2.75) is 33.7 Å². The maximum atomic E-state index is 12.4. The molecular formula is C17H24N4O2S. The van der Waals surface area contributed by atoms with Crippen molar-refractivity contribution in [1.82, 2.24) is 20.0 Å². The number of rotatable bonds is 3. The Morgan fingerprint density at radius 1 is 1.25 bits per heavy atom.